The van der Waals surface area contributed by atoms with Crippen molar-refractivity contribution in [3.63, 3.8) is 0 Å². The van der Waals surface area contributed by atoms with Crippen LogP contribution in [0, 0.1) is 0 Å². The molecule has 2 rings (SSSR count). The fourth-order valence-electron chi connectivity index (χ4n) is 2.67. The van der Waals surface area contributed by atoms with Crippen molar-refractivity contribution in [1.82, 2.24) is 15.5 Å². The molecule has 0 bridgehead atoms. The van der Waals surface area contributed by atoms with Crippen LogP contribution >= 0.6 is 0 Å². The lowest BCUT2D eigenvalue weighted by molar-refractivity contribution is -0.140. The summed E-state index contributed by atoms with van der Waals surface area (Å²) in [7, 11) is 0. The third-order valence-corrected chi connectivity index (χ3v) is 3.65. The first-order valence-corrected chi connectivity index (χ1v) is 6.67. The molecule has 0 spiro atoms. The summed E-state index contributed by atoms with van der Waals surface area (Å²) >= 11 is 0. The molecule has 0 aromatic carbocycles. The minimum atomic E-state index is -0.517. The number of nitrogens with two attached hydrogens (primary N) is 1. The molecule has 19 heavy (non-hydrogen) atoms. The summed E-state index contributed by atoms with van der Waals surface area (Å²) in [5.74, 6) is -0.810. The first-order chi connectivity index (χ1) is 9.08. The Labute approximate surface area is 111 Å². The number of nitrogens with zero attached hydrogens (tertiary/aromatic N) is 1. The van der Waals surface area contributed by atoms with Gasteiger partial charge in [-0.15, -0.1) is 0 Å². The highest BCUT2D eigenvalue weighted by molar-refractivity contribution is 5.92. The summed E-state index contributed by atoms with van der Waals surface area (Å²) in [4.78, 5) is 36.3. The van der Waals surface area contributed by atoms with E-state index in [-0.39, 0.29) is 24.4 Å². The van der Waals surface area contributed by atoms with Crippen molar-refractivity contribution in [2.75, 3.05) is 19.6 Å². The molecule has 4 N–H and O–H groups in total. The van der Waals surface area contributed by atoms with Gasteiger partial charge in [-0.1, -0.05) is 0 Å². The molecular formula is C12H20N4O3. The minimum Gasteiger partial charge on any atom is -0.368 e. The standard InChI is InChI=1S/C12H20N4O3/c13-10(17)7-16(8-3-5-14-6-4-8)12(19)9-1-2-11(18)15-9/h8-9,14H,1-7H2,(H2,13,17)(H,15,18)/t9-/m1/s1. The van der Waals surface area contributed by atoms with E-state index in [1.165, 1.54) is 0 Å². The molecule has 2 aliphatic rings. The zero-order valence-electron chi connectivity index (χ0n) is 10.9. The van der Waals surface area contributed by atoms with Gasteiger partial charge < -0.3 is 21.3 Å². The molecule has 2 fully saturated rings. The Morgan fingerprint density at radius 1 is 1.26 bits per heavy atom. The number of hydrogen-bond donors (Lipinski definition) is 3. The van der Waals surface area contributed by atoms with E-state index in [1.807, 2.05) is 0 Å². The van der Waals surface area contributed by atoms with E-state index >= 15 is 0 Å². The van der Waals surface area contributed by atoms with Gasteiger partial charge in [0.05, 0.1) is 6.54 Å². The smallest absolute Gasteiger partial charge is 0.245 e. The largest absolute Gasteiger partial charge is 0.368 e. The van der Waals surface area contributed by atoms with Gasteiger partial charge in [0, 0.05) is 12.5 Å². The third kappa shape index (κ3) is 3.44. The molecule has 0 aromatic heterocycles. The third-order valence-electron chi connectivity index (χ3n) is 3.65. The second-order valence-corrected chi connectivity index (χ2v) is 5.07. The zero-order valence-corrected chi connectivity index (χ0v) is 10.9. The van der Waals surface area contributed by atoms with Gasteiger partial charge in [-0.05, 0) is 32.4 Å². The van der Waals surface area contributed by atoms with Crippen molar-refractivity contribution in [2.45, 2.75) is 37.8 Å². The summed E-state index contributed by atoms with van der Waals surface area (Å²) in [5.41, 5.74) is 5.23. The highest BCUT2D eigenvalue weighted by Gasteiger charge is 2.34. The number of nitrogens with one attached hydrogen (secondary N) is 2. The van der Waals surface area contributed by atoms with Gasteiger partial charge in [-0.3, -0.25) is 14.4 Å². The second kappa shape index (κ2) is 6.01. The van der Waals surface area contributed by atoms with Gasteiger partial charge in [0.1, 0.15) is 6.04 Å². The Kier molecular flexibility index (Phi) is 4.36. The van der Waals surface area contributed by atoms with Crippen molar-refractivity contribution >= 4 is 17.7 Å². The molecule has 106 valence electrons. The van der Waals surface area contributed by atoms with Crippen LogP contribution in [0.5, 0.6) is 0 Å². The monoisotopic (exact) mass is 268 g/mol. The molecule has 2 heterocycles. The minimum absolute atomic E-state index is 0.0266. The van der Waals surface area contributed by atoms with Crippen LogP contribution in [-0.4, -0.2) is 54.3 Å². The van der Waals surface area contributed by atoms with E-state index in [1.54, 1.807) is 4.90 Å². The van der Waals surface area contributed by atoms with E-state index in [9.17, 15) is 14.4 Å². The Morgan fingerprint density at radius 2 is 1.95 bits per heavy atom. The first-order valence-electron chi connectivity index (χ1n) is 6.67. The summed E-state index contributed by atoms with van der Waals surface area (Å²) in [5, 5.41) is 5.86. The summed E-state index contributed by atoms with van der Waals surface area (Å²) in [6.07, 6.45) is 2.48. The van der Waals surface area contributed by atoms with Crippen molar-refractivity contribution in [1.29, 1.82) is 0 Å². The van der Waals surface area contributed by atoms with Crippen molar-refractivity contribution in [3.8, 4) is 0 Å². The molecule has 7 heteroatoms. The lowest BCUT2D eigenvalue weighted by atomic mass is 10.0. The Hall–Kier alpha value is -1.63. The van der Waals surface area contributed by atoms with E-state index in [4.69, 9.17) is 5.73 Å². The van der Waals surface area contributed by atoms with E-state index < -0.39 is 11.9 Å². The van der Waals surface area contributed by atoms with Gasteiger partial charge in [0.25, 0.3) is 0 Å². The van der Waals surface area contributed by atoms with E-state index in [0.717, 1.165) is 25.9 Å². The van der Waals surface area contributed by atoms with Crippen LogP contribution in [0.3, 0.4) is 0 Å². The molecule has 0 aliphatic carbocycles. The Balaban J connectivity index is 2.05. The molecule has 0 saturated carbocycles. The molecule has 2 saturated heterocycles. The molecule has 7 nitrogen and oxygen atoms in total. The lowest BCUT2D eigenvalue weighted by Crippen LogP contribution is -2.54. The van der Waals surface area contributed by atoms with Gasteiger partial charge in [0.2, 0.25) is 17.7 Å². The predicted octanol–water partition coefficient (Wildman–Crippen LogP) is -1.67. The molecule has 0 radical (unpaired) electrons. The first kappa shape index (κ1) is 13.8. The van der Waals surface area contributed by atoms with Crippen LogP contribution in [0.4, 0.5) is 0 Å². The fraction of sp³-hybridized carbons (Fsp3) is 0.750. The number of piperidine rings is 1. The average Bonchev–Trinajstić information content (AvgIpc) is 2.83. The second-order valence-electron chi connectivity index (χ2n) is 5.07. The Morgan fingerprint density at radius 3 is 2.47 bits per heavy atom. The van der Waals surface area contributed by atoms with Gasteiger partial charge in [-0.2, -0.15) is 0 Å². The average molecular weight is 268 g/mol. The highest BCUT2D eigenvalue weighted by Crippen LogP contribution is 2.16. The van der Waals surface area contributed by atoms with Crippen molar-refractivity contribution in [2.24, 2.45) is 5.73 Å². The van der Waals surface area contributed by atoms with Crippen LogP contribution in [0.2, 0.25) is 0 Å². The molecular weight excluding hydrogens is 248 g/mol. The maximum Gasteiger partial charge on any atom is 0.245 e. The van der Waals surface area contributed by atoms with Crippen LogP contribution in [-0.2, 0) is 14.4 Å². The molecule has 0 aromatic rings. The summed E-state index contributed by atoms with van der Waals surface area (Å²) in [6.45, 7) is 1.57. The topological polar surface area (TPSA) is 105 Å². The zero-order chi connectivity index (χ0) is 13.8. The van der Waals surface area contributed by atoms with Crippen LogP contribution in [0.15, 0.2) is 0 Å². The number of carbonyl (C=O) groups is 3. The van der Waals surface area contributed by atoms with Crippen LogP contribution in [0.25, 0.3) is 0 Å². The number of rotatable bonds is 4. The molecule has 1 atom stereocenters. The van der Waals surface area contributed by atoms with Crippen molar-refractivity contribution in [3.05, 3.63) is 0 Å². The van der Waals surface area contributed by atoms with Crippen LogP contribution in [0.1, 0.15) is 25.7 Å². The lowest BCUT2D eigenvalue weighted by Gasteiger charge is -2.35. The maximum atomic E-state index is 12.4. The SMILES string of the molecule is NC(=O)CN(C(=O)[C@H]1CCC(=O)N1)C1CCNCC1. The van der Waals surface area contributed by atoms with E-state index in [2.05, 4.69) is 10.6 Å². The van der Waals surface area contributed by atoms with E-state index in [0.29, 0.717) is 12.8 Å². The number of carbonyl (C=O) groups excluding carboxylic acids is 3. The molecule has 2 aliphatic heterocycles. The fourth-order valence-corrected chi connectivity index (χ4v) is 2.67. The summed E-state index contributed by atoms with van der Waals surface area (Å²) in [6, 6.07) is -0.472. The number of amides is 3. The molecule has 0 unspecified atom stereocenters. The number of primary amides is 1. The quantitative estimate of drug-likeness (QED) is 0.567. The summed E-state index contributed by atoms with van der Waals surface area (Å²) < 4.78 is 0. The van der Waals surface area contributed by atoms with Gasteiger partial charge in [-0.25, -0.2) is 0 Å². The highest BCUT2D eigenvalue weighted by atomic mass is 16.2. The Bertz CT molecular complexity index is 379. The maximum absolute atomic E-state index is 12.4. The predicted molar refractivity (Wildman–Crippen MR) is 68.0 cm³/mol. The van der Waals surface area contributed by atoms with Gasteiger partial charge in [0.15, 0.2) is 0 Å². The van der Waals surface area contributed by atoms with Gasteiger partial charge >= 0.3 is 0 Å². The number of hydrogen-bond acceptors (Lipinski definition) is 4. The van der Waals surface area contributed by atoms with Crippen molar-refractivity contribution < 1.29 is 14.4 Å². The molecule has 3 amide bonds. The van der Waals surface area contributed by atoms with Crippen LogP contribution < -0.4 is 16.4 Å². The normalized spacial score (nSPS) is 24.0.